The Balaban J connectivity index is 2.04. The van der Waals surface area contributed by atoms with Gasteiger partial charge in [-0.2, -0.15) is 0 Å². The molecule has 0 bridgehead atoms. The summed E-state index contributed by atoms with van der Waals surface area (Å²) in [5.74, 6) is 0.106. The van der Waals surface area contributed by atoms with Crippen LogP contribution in [0, 0.1) is 4.77 Å². The second kappa shape index (κ2) is 7.97. The van der Waals surface area contributed by atoms with Gasteiger partial charge in [0.15, 0.2) is 4.77 Å². The number of carbonyl (C=O) groups excluding carboxylic acids is 1. The summed E-state index contributed by atoms with van der Waals surface area (Å²) < 4.78 is 7.43. The van der Waals surface area contributed by atoms with Gasteiger partial charge < -0.3 is 9.72 Å². The van der Waals surface area contributed by atoms with E-state index in [4.69, 9.17) is 17.0 Å². The number of aromatic nitrogens is 2. The summed E-state index contributed by atoms with van der Waals surface area (Å²) in [6, 6.07) is 12.0. The highest BCUT2D eigenvalue weighted by Gasteiger charge is 2.15. The van der Waals surface area contributed by atoms with E-state index in [0.29, 0.717) is 28.8 Å². The fraction of sp³-hybridized carbons (Fsp3) is 0.211. The number of halogens is 1. The molecule has 0 unspecified atom stereocenters. The van der Waals surface area contributed by atoms with Crippen molar-refractivity contribution in [3.63, 3.8) is 0 Å². The molecular formula is C19H17BrN2O3S. The van der Waals surface area contributed by atoms with Gasteiger partial charge in [-0.05, 0) is 55.0 Å². The van der Waals surface area contributed by atoms with Gasteiger partial charge in [0.25, 0.3) is 11.5 Å². The average molecular weight is 433 g/mol. The van der Waals surface area contributed by atoms with E-state index in [1.165, 1.54) is 0 Å². The molecule has 0 atom stereocenters. The van der Waals surface area contributed by atoms with Crippen molar-refractivity contribution in [2.24, 2.45) is 0 Å². The lowest BCUT2D eigenvalue weighted by atomic mass is 10.2. The number of unbranched alkanes of at least 4 members (excludes halogenated alkanes) is 1. The Morgan fingerprint density at radius 1 is 1.27 bits per heavy atom. The maximum Gasteiger partial charge on any atom is 0.269 e. The third-order valence-electron chi connectivity index (χ3n) is 3.91. The lowest BCUT2D eigenvalue weighted by molar-refractivity contribution is 0.0953. The standard InChI is InChI=1S/C19H17BrN2O3S/c1-2-3-9-25-14-6-4-5-12(10-14)17(23)22-18(24)15-11-13(20)7-8-16(15)21-19(22)26/h4-8,10-11H,2-3,9H2,1H3,(H,21,26). The number of nitrogens with one attached hydrogen (secondary N) is 1. The zero-order chi connectivity index (χ0) is 18.7. The number of fused-ring (bicyclic) bond motifs is 1. The van der Waals surface area contributed by atoms with Gasteiger partial charge in [-0.15, -0.1) is 0 Å². The van der Waals surface area contributed by atoms with Crippen molar-refractivity contribution >= 4 is 45.0 Å². The predicted octanol–water partition coefficient (Wildman–Crippen LogP) is 4.69. The van der Waals surface area contributed by atoms with Crippen LogP contribution in [-0.4, -0.2) is 22.1 Å². The minimum absolute atomic E-state index is 0.0622. The molecule has 3 rings (SSSR count). The van der Waals surface area contributed by atoms with Crippen molar-refractivity contribution in [2.45, 2.75) is 19.8 Å². The first-order chi connectivity index (χ1) is 12.5. The third-order valence-corrected chi connectivity index (χ3v) is 4.69. The smallest absolute Gasteiger partial charge is 0.269 e. The molecule has 5 nitrogen and oxygen atoms in total. The van der Waals surface area contributed by atoms with E-state index >= 15 is 0 Å². The topological polar surface area (TPSA) is 64.1 Å². The highest BCUT2D eigenvalue weighted by molar-refractivity contribution is 9.10. The maximum atomic E-state index is 12.9. The Kier molecular flexibility index (Phi) is 5.68. The number of ether oxygens (including phenoxy) is 1. The van der Waals surface area contributed by atoms with E-state index < -0.39 is 11.5 Å². The summed E-state index contributed by atoms with van der Waals surface area (Å²) in [5.41, 5.74) is 0.478. The number of H-pyrrole nitrogens is 1. The monoisotopic (exact) mass is 432 g/mol. The Morgan fingerprint density at radius 3 is 2.85 bits per heavy atom. The zero-order valence-electron chi connectivity index (χ0n) is 14.1. The molecule has 2 aromatic carbocycles. The van der Waals surface area contributed by atoms with Crippen LogP contribution in [0.25, 0.3) is 10.9 Å². The SMILES string of the molecule is CCCCOc1cccc(C(=O)n2c(=S)[nH]c3ccc(Br)cc3c2=O)c1. The molecule has 0 aliphatic heterocycles. The first-order valence-electron chi connectivity index (χ1n) is 8.23. The summed E-state index contributed by atoms with van der Waals surface area (Å²) in [6.45, 7) is 2.66. The van der Waals surface area contributed by atoms with E-state index in [9.17, 15) is 9.59 Å². The fourth-order valence-electron chi connectivity index (χ4n) is 2.55. The van der Waals surface area contributed by atoms with E-state index in [1.807, 2.05) is 0 Å². The number of nitrogens with zero attached hydrogens (tertiary/aromatic N) is 1. The van der Waals surface area contributed by atoms with Crippen LogP contribution in [0.5, 0.6) is 5.75 Å². The summed E-state index contributed by atoms with van der Waals surface area (Å²) in [5, 5.41) is 0.386. The molecule has 0 aliphatic carbocycles. The van der Waals surface area contributed by atoms with Crippen LogP contribution < -0.4 is 10.3 Å². The minimum atomic E-state index is -0.487. The summed E-state index contributed by atoms with van der Waals surface area (Å²) in [4.78, 5) is 28.7. The van der Waals surface area contributed by atoms with E-state index in [0.717, 1.165) is 21.9 Å². The Labute approximate surface area is 163 Å². The van der Waals surface area contributed by atoms with Gasteiger partial charge in [0.05, 0.1) is 17.5 Å². The molecule has 26 heavy (non-hydrogen) atoms. The predicted molar refractivity (Wildman–Crippen MR) is 108 cm³/mol. The van der Waals surface area contributed by atoms with Crippen LogP contribution in [-0.2, 0) is 0 Å². The highest BCUT2D eigenvalue weighted by atomic mass is 79.9. The molecule has 0 fully saturated rings. The van der Waals surface area contributed by atoms with Gasteiger partial charge in [-0.3, -0.25) is 9.59 Å². The molecule has 0 aliphatic rings. The summed E-state index contributed by atoms with van der Waals surface area (Å²) >= 11 is 8.58. The van der Waals surface area contributed by atoms with Gasteiger partial charge in [0.2, 0.25) is 0 Å². The first kappa shape index (κ1) is 18.5. The molecule has 7 heteroatoms. The van der Waals surface area contributed by atoms with E-state index in [-0.39, 0.29) is 4.77 Å². The van der Waals surface area contributed by atoms with Crippen LogP contribution in [0.1, 0.15) is 30.1 Å². The Hall–Kier alpha value is -2.25. The largest absolute Gasteiger partial charge is 0.494 e. The van der Waals surface area contributed by atoms with Crippen LogP contribution in [0.15, 0.2) is 51.7 Å². The second-order valence-corrected chi connectivity index (χ2v) is 7.10. The molecule has 1 heterocycles. The number of carbonyl (C=O) groups is 1. The Morgan fingerprint density at radius 2 is 2.08 bits per heavy atom. The molecule has 0 saturated heterocycles. The van der Waals surface area contributed by atoms with Crippen molar-refractivity contribution in [3.05, 3.63) is 67.6 Å². The lowest BCUT2D eigenvalue weighted by Crippen LogP contribution is -2.29. The third kappa shape index (κ3) is 3.78. The summed E-state index contributed by atoms with van der Waals surface area (Å²) in [7, 11) is 0. The minimum Gasteiger partial charge on any atom is -0.494 e. The van der Waals surface area contributed by atoms with Crippen LogP contribution >= 0.6 is 28.1 Å². The first-order valence-corrected chi connectivity index (χ1v) is 9.43. The van der Waals surface area contributed by atoms with E-state index in [1.54, 1.807) is 42.5 Å². The van der Waals surface area contributed by atoms with E-state index in [2.05, 4.69) is 27.8 Å². The molecule has 0 spiro atoms. The number of benzene rings is 2. The average Bonchev–Trinajstić information content (AvgIpc) is 2.63. The second-order valence-electron chi connectivity index (χ2n) is 5.80. The van der Waals surface area contributed by atoms with Crippen molar-refractivity contribution in [3.8, 4) is 5.75 Å². The molecule has 1 N–H and O–H groups in total. The molecule has 3 aromatic rings. The van der Waals surface area contributed by atoms with Gasteiger partial charge in [0, 0.05) is 10.0 Å². The highest BCUT2D eigenvalue weighted by Crippen LogP contribution is 2.17. The fourth-order valence-corrected chi connectivity index (χ4v) is 3.19. The number of hydrogen-bond donors (Lipinski definition) is 1. The lowest BCUT2D eigenvalue weighted by Gasteiger charge is -2.09. The normalized spacial score (nSPS) is 10.8. The molecule has 0 radical (unpaired) electrons. The van der Waals surface area contributed by atoms with Crippen molar-refractivity contribution < 1.29 is 9.53 Å². The maximum absolute atomic E-state index is 12.9. The number of aromatic amines is 1. The molecular weight excluding hydrogens is 416 g/mol. The van der Waals surface area contributed by atoms with Gasteiger partial charge in [-0.1, -0.05) is 35.3 Å². The summed E-state index contributed by atoms with van der Waals surface area (Å²) in [6.07, 6.45) is 1.96. The quantitative estimate of drug-likeness (QED) is 0.469. The molecule has 134 valence electrons. The van der Waals surface area contributed by atoms with Crippen LogP contribution in [0.2, 0.25) is 0 Å². The van der Waals surface area contributed by atoms with Crippen molar-refractivity contribution in [2.75, 3.05) is 6.61 Å². The van der Waals surface area contributed by atoms with Crippen molar-refractivity contribution in [1.29, 1.82) is 0 Å². The molecule has 0 amide bonds. The Bertz CT molecular complexity index is 1090. The van der Waals surface area contributed by atoms with Crippen LogP contribution in [0.3, 0.4) is 0 Å². The van der Waals surface area contributed by atoms with Crippen LogP contribution in [0.4, 0.5) is 0 Å². The zero-order valence-corrected chi connectivity index (χ0v) is 16.5. The number of hydrogen-bond acceptors (Lipinski definition) is 4. The van der Waals surface area contributed by atoms with Crippen molar-refractivity contribution in [1.82, 2.24) is 9.55 Å². The van der Waals surface area contributed by atoms with Gasteiger partial charge >= 0.3 is 0 Å². The number of rotatable bonds is 5. The van der Waals surface area contributed by atoms with Gasteiger partial charge in [0.1, 0.15) is 5.75 Å². The van der Waals surface area contributed by atoms with Gasteiger partial charge in [-0.25, -0.2) is 4.57 Å². The molecule has 0 saturated carbocycles. The molecule has 1 aromatic heterocycles.